The van der Waals surface area contributed by atoms with Crippen LogP contribution in [0.4, 0.5) is 0 Å². The molecule has 2 rings (SSSR count). The predicted octanol–water partition coefficient (Wildman–Crippen LogP) is 4.34. The highest BCUT2D eigenvalue weighted by atomic mass is 16.2. The van der Waals surface area contributed by atoms with Crippen LogP contribution in [0.15, 0.2) is 42.5 Å². The molecule has 0 fully saturated rings. The van der Waals surface area contributed by atoms with Gasteiger partial charge in [-0.2, -0.15) is 0 Å². The Labute approximate surface area is 175 Å². The maximum atomic E-state index is 13.2. The first kappa shape index (κ1) is 22.7. The summed E-state index contributed by atoms with van der Waals surface area (Å²) in [5, 5.41) is 2.96. The number of benzene rings is 2. The maximum absolute atomic E-state index is 13.2. The van der Waals surface area contributed by atoms with Crippen LogP contribution in [0.1, 0.15) is 48.6 Å². The number of rotatable bonds is 8. The SMILES string of the molecule is Cc1ccc(CN(C(=O)Cc2ccc(C)c(C)c2)[C@@H](C)C(=O)NCC(C)C)cc1. The number of hydrogen-bond donors (Lipinski definition) is 1. The quantitative estimate of drug-likeness (QED) is 0.724. The molecule has 2 amide bonds. The molecule has 0 heterocycles. The molecule has 0 aliphatic carbocycles. The van der Waals surface area contributed by atoms with Gasteiger partial charge in [0.2, 0.25) is 11.8 Å². The number of hydrogen-bond acceptors (Lipinski definition) is 2. The van der Waals surface area contributed by atoms with Gasteiger partial charge in [-0.3, -0.25) is 9.59 Å². The lowest BCUT2D eigenvalue weighted by atomic mass is 10.0. The van der Waals surface area contributed by atoms with E-state index in [2.05, 4.69) is 39.1 Å². The molecular weight excluding hydrogens is 360 g/mol. The van der Waals surface area contributed by atoms with Crippen molar-refractivity contribution in [1.82, 2.24) is 10.2 Å². The van der Waals surface area contributed by atoms with Crippen molar-refractivity contribution in [2.75, 3.05) is 6.54 Å². The Bertz CT molecular complexity index is 840. The molecule has 2 aromatic carbocycles. The van der Waals surface area contributed by atoms with Crippen LogP contribution in [-0.4, -0.2) is 29.3 Å². The average Bonchev–Trinajstić information content (AvgIpc) is 2.67. The lowest BCUT2D eigenvalue weighted by molar-refractivity contribution is -0.140. The van der Waals surface area contributed by atoms with Crippen molar-refractivity contribution in [2.24, 2.45) is 5.92 Å². The van der Waals surface area contributed by atoms with Gasteiger partial charge in [-0.05, 0) is 55.9 Å². The Morgan fingerprint density at radius 1 is 0.897 bits per heavy atom. The third-order valence-electron chi connectivity index (χ3n) is 5.25. The summed E-state index contributed by atoms with van der Waals surface area (Å²) in [6.07, 6.45) is 0.286. The summed E-state index contributed by atoms with van der Waals surface area (Å²) in [5.41, 5.74) is 5.54. The largest absolute Gasteiger partial charge is 0.354 e. The molecule has 0 saturated carbocycles. The third kappa shape index (κ3) is 6.74. The normalized spacial score (nSPS) is 12.0. The number of carbonyl (C=O) groups is 2. The maximum Gasteiger partial charge on any atom is 0.242 e. The number of amides is 2. The van der Waals surface area contributed by atoms with E-state index in [0.29, 0.717) is 19.0 Å². The molecular formula is C25H34N2O2. The van der Waals surface area contributed by atoms with Gasteiger partial charge >= 0.3 is 0 Å². The van der Waals surface area contributed by atoms with Gasteiger partial charge in [-0.25, -0.2) is 0 Å². The zero-order valence-corrected chi connectivity index (χ0v) is 18.6. The van der Waals surface area contributed by atoms with Crippen LogP contribution in [0, 0.1) is 26.7 Å². The summed E-state index contributed by atoms with van der Waals surface area (Å²) < 4.78 is 0. The lowest BCUT2D eigenvalue weighted by Gasteiger charge is -2.29. The monoisotopic (exact) mass is 394 g/mol. The molecule has 0 aliphatic rings. The van der Waals surface area contributed by atoms with Gasteiger partial charge in [0.15, 0.2) is 0 Å². The topological polar surface area (TPSA) is 49.4 Å². The fourth-order valence-corrected chi connectivity index (χ4v) is 3.11. The fraction of sp³-hybridized carbons (Fsp3) is 0.440. The Hall–Kier alpha value is -2.62. The van der Waals surface area contributed by atoms with Crippen molar-refractivity contribution in [1.29, 1.82) is 0 Å². The van der Waals surface area contributed by atoms with Gasteiger partial charge < -0.3 is 10.2 Å². The van der Waals surface area contributed by atoms with E-state index in [1.54, 1.807) is 4.90 Å². The highest BCUT2D eigenvalue weighted by Crippen LogP contribution is 2.15. The summed E-state index contributed by atoms with van der Waals surface area (Å²) in [4.78, 5) is 27.6. The fourth-order valence-electron chi connectivity index (χ4n) is 3.11. The van der Waals surface area contributed by atoms with E-state index in [0.717, 1.165) is 11.1 Å². The Balaban J connectivity index is 2.21. The molecule has 0 saturated heterocycles. The van der Waals surface area contributed by atoms with Gasteiger partial charge in [0, 0.05) is 13.1 Å². The molecule has 1 N–H and O–H groups in total. The summed E-state index contributed by atoms with van der Waals surface area (Å²) >= 11 is 0. The molecule has 0 bridgehead atoms. The minimum atomic E-state index is -0.533. The van der Waals surface area contributed by atoms with Crippen molar-refractivity contribution < 1.29 is 9.59 Å². The summed E-state index contributed by atoms with van der Waals surface area (Å²) in [7, 11) is 0. The van der Waals surface area contributed by atoms with Gasteiger partial charge in [-0.1, -0.05) is 61.9 Å². The van der Waals surface area contributed by atoms with Crippen molar-refractivity contribution in [2.45, 2.75) is 60.5 Å². The van der Waals surface area contributed by atoms with Gasteiger partial charge in [0.25, 0.3) is 0 Å². The highest BCUT2D eigenvalue weighted by molar-refractivity contribution is 5.88. The van der Waals surface area contributed by atoms with Gasteiger partial charge in [0.05, 0.1) is 6.42 Å². The average molecular weight is 395 g/mol. The molecule has 1 atom stereocenters. The van der Waals surface area contributed by atoms with Crippen LogP contribution in [0.3, 0.4) is 0 Å². The predicted molar refractivity (Wildman–Crippen MR) is 119 cm³/mol. The molecule has 0 spiro atoms. The van der Waals surface area contributed by atoms with E-state index in [-0.39, 0.29) is 18.2 Å². The van der Waals surface area contributed by atoms with E-state index >= 15 is 0 Å². The molecule has 29 heavy (non-hydrogen) atoms. The van der Waals surface area contributed by atoms with E-state index in [9.17, 15) is 9.59 Å². The lowest BCUT2D eigenvalue weighted by Crippen LogP contribution is -2.48. The first-order valence-corrected chi connectivity index (χ1v) is 10.4. The molecule has 0 aromatic heterocycles. The minimum Gasteiger partial charge on any atom is -0.354 e. The second kappa shape index (κ2) is 10.2. The minimum absolute atomic E-state index is 0.0407. The van der Waals surface area contributed by atoms with Crippen LogP contribution in [-0.2, 0) is 22.6 Å². The molecule has 0 unspecified atom stereocenters. The van der Waals surface area contributed by atoms with Crippen molar-refractivity contribution >= 4 is 11.8 Å². The van der Waals surface area contributed by atoms with Crippen molar-refractivity contribution in [3.63, 3.8) is 0 Å². The standard InChI is InChI=1S/C25H34N2O2/c1-17(2)15-26-25(29)21(6)27(16-22-10-7-18(3)8-11-22)24(28)14-23-12-9-19(4)20(5)13-23/h7-13,17,21H,14-16H2,1-6H3,(H,26,29)/t21-/m0/s1. The Kier molecular flexibility index (Phi) is 8.00. The van der Waals surface area contributed by atoms with Crippen LogP contribution >= 0.6 is 0 Å². The molecule has 156 valence electrons. The molecule has 2 aromatic rings. The molecule has 4 nitrogen and oxygen atoms in total. The van der Waals surface area contributed by atoms with E-state index in [1.165, 1.54) is 16.7 Å². The van der Waals surface area contributed by atoms with Crippen LogP contribution < -0.4 is 5.32 Å². The molecule has 0 radical (unpaired) electrons. The third-order valence-corrected chi connectivity index (χ3v) is 5.25. The second-order valence-electron chi connectivity index (χ2n) is 8.42. The zero-order chi connectivity index (χ0) is 21.6. The number of nitrogens with one attached hydrogen (secondary N) is 1. The van der Waals surface area contributed by atoms with E-state index < -0.39 is 6.04 Å². The van der Waals surface area contributed by atoms with Crippen LogP contribution in [0.2, 0.25) is 0 Å². The molecule has 4 heteroatoms. The number of carbonyl (C=O) groups excluding carboxylic acids is 2. The van der Waals surface area contributed by atoms with Crippen LogP contribution in [0.25, 0.3) is 0 Å². The zero-order valence-electron chi connectivity index (χ0n) is 18.6. The second-order valence-corrected chi connectivity index (χ2v) is 8.42. The first-order chi connectivity index (χ1) is 13.7. The summed E-state index contributed by atoms with van der Waals surface area (Å²) in [5.74, 6) is 0.211. The Morgan fingerprint density at radius 3 is 2.10 bits per heavy atom. The van der Waals surface area contributed by atoms with Crippen molar-refractivity contribution in [3.05, 3.63) is 70.3 Å². The highest BCUT2D eigenvalue weighted by Gasteiger charge is 2.26. The van der Waals surface area contributed by atoms with Crippen LogP contribution in [0.5, 0.6) is 0 Å². The Morgan fingerprint density at radius 2 is 1.52 bits per heavy atom. The summed E-state index contributed by atoms with van der Waals surface area (Å²) in [6.45, 7) is 13.1. The first-order valence-electron chi connectivity index (χ1n) is 10.4. The number of nitrogens with zero attached hydrogens (tertiary/aromatic N) is 1. The van der Waals surface area contributed by atoms with Gasteiger partial charge in [0.1, 0.15) is 6.04 Å². The van der Waals surface area contributed by atoms with Gasteiger partial charge in [-0.15, -0.1) is 0 Å². The van der Waals surface area contributed by atoms with E-state index in [1.807, 2.05) is 50.2 Å². The summed E-state index contributed by atoms with van der Waals surface area (Å²) in [6, 6.07) is 13.7. The number of aryl methyl sites for hydroxylation is 3. The molecule has 0 aliphatic heterocycles. The smallest absolute Gasteiger partial charge is 0.242 e. The van der Waals surface area contributed by atoms with Crippen molar-refractivity contribution in [3.8, 4) is 0 Å². The van der Waals surface area contributed by atoms with E-state index in [4.69, 9.17) is 0 Å².